The van der Waals surface area contributed by atoms with Crippen LogP contribution in [0.3, 0.4) is 0 Å². The van der Waals surface area contributed by atoms with Crippen LogP contribution in [0.5, 0.6) is 0 Å². The summed E-state index contributed by atoms with van der Waals surface area (Å²) >= 11 is 1.57. The molecule has 1 aliphatic heterocycles. The molecule has 0 unspecified atom stereocenters. The third-order valence-electron chi connectivity index (χ3n) is 5.54. The lowest BCUT2D eigenvalue weighted by Crippen LogP contribution is -2.43. The van der Waals surface area contributed by atoms with Crippen molar-refractivity contribution in [1.82, 2.24) is 4.90 Å². The Morgan fingerprint density at radius 2 is 1.76 bits per heavy atom. The van der Waals surface area contributed by atoms with Crippen LogP contribution in [0.2, 0.25) is 0 Å². The molecule has 2 amide bonds. The summed E-state index contributed by atoms with van der Waals surface area (Å²) in [6.45, 7) is 4.29. The van der Waals surface area contributed by atoms with Crippen molar-refractivity contribution < 1.29 is 9.59 Å². The summed E-state index contributed by atoms with van der Waals surface area (Å²) in [4.78, 5) is 29.1. The van der Waals surface area contributed by atoms with Crippen LogP contribution >= 0.6 is 11.3 Å². The monoisotopic (exact) mass is 404 g/mol. The van der Waals surface area contributed by atoms with Gasteiger partial charge in [0.25, 0.3) is 5.91 Å². The molecule has 0 saturated carbocycles. The van der Waals surface area contributed by atoms with Crippen molar-refractivity contribution in [2.24, 2.45) is 0 Å². The molecule has 1 aliphatic rings. The number of anilines is 1. The molecule has 3 aromatic rings. The van der Waals surface area contributed by atoms with Crippen molar-refractivity contribution in [1.29, 1.82) is 0 Å². The number of hydrogen-bond donors (Lipinski definition) is 1. The number of nitrogens with one attached hydrogen (secondary N) is 1. The van der Waals surface area contributed by atoms with E-state index in [1.807, 2.05) is 60.0 Å². The highest BCUT2D eigenvalue weighted by Crippen LogP contribution is 2.43. The van der Waals surface area contributed by atoms with E-state index in [0.29, 0.717) is 11.5 Å². The van der Waals surface area contributed by atoms with Crippen LogP contribution < -0.4 is 5.32 Å². The highest BCUT2D eigenvalue weighted by molar-refractivity contribution is 7.10. The molecule has 4 nitrogen and oxygen atoms in total. The van der Waals surface area contributed by atoms with Gasteiger partial charge in [-0.05, 0) is 46.7 Å². The largest absolute Gasteiger partial charge is 0.333 e. The second-order valence-electron chi connectivity index (χ2n) is 7.71. The summed E-state index contributed by atoms with van der Waals surface area (Å²) in [5, 5.41) is 5.05. The van der Waals surface area contributed by atoms with Gasteiger partial charge in [0, 0.05) is 23.2 Å². The van der Waals surface area contributed by atoms with Gasteiger partial charge in [-0.3, -0.25) is 9.59 Å². The summed E-state index contributed by atoms with van der Waals surface area (Å²) < 4.78 is 0. The molecule has 0 bridgehead atoms. The molecular weight excluding hydrogens is 380 g/mol. The van der Waals surface area contributed by atoms with Gasteiger partial charge in [-0.2, -0.15) is 0 Å². The number of carbonyl (C=O) groups excluding carboxylic acids is 2. The predicted molar refractivity (Wildman–Crippen MR) is 117 cm³/mol. The van der Waals surface area contributed by atoms with Crippen LogP contribution in [-0.2, 0) is 4.79 Å². The van der Waals surface area contributed by atoms with E-state index >= 15 is 0 Å². The minimum atomic E-state index is -0.475. The molecule has 0 radical (unpaired) electrons. The van der Waals surface area contributed by atoms with Crippen LogP contribution in [0.25, 0.3) is 0 Å². The fourth-order valence-corrected chi connectivity index (χ4v) is 4.85. The lowest BCUT2D eigenvalue weighted by Gasteiger charge is -2.39. The summed E-state index contributed by atoms with van der Waals surface area (Å²) in [6.07, 6.45) is 0. The third-order valence-corrected chi connectivity index (χ3v) is 6.48. The Kier molecular flexibility index (Phi) is 5.24. The molecule has 2 aromatic carbocycles. The Morgan fingerprint density at radius 3 is 2.41 bits per heavy atom. The average molecular weight is 405 g/mol. The van der Waals surface area contributed by atoms with E-state index in [-0.39, 0.29) is 17.9 Å². The molecule has 5 heteroatoms. The zero-order valence-electron chi connectivity index (χ0n) is 16.8. The zero-order valence-corrected chi connectivity index (χ0v) is 17.6. The van der Waals surface area contributed by atoms with Gasteiger partial charge in [0.15, 0.2) is 0 Å². The highest BCUT2D eigenvalue weighted by Gasteiger charge is 2.43. The first-order valence-corrected chi connectivity index (χ1v) is 10.7. The molecule has 4 rings (SSSR count). The minimum absolute atomic E-state index is 0.0515. The van der Waals surface area contributed by atoms with Gasteiger partial charge in [-0.25, -0.2) is 0 Å². The van der Waals surface area contributed by atoms with Crippen LogP contribution in [0.1, 0.15) is 58.1 Å². The van der Waals surface area contributed by atoms with Gasteiger partial charge in [0.1, 0.15) is 0 Å². The van der Waals surface area contributed by atoms with Gasteiger partial charge in [-0.1, -0.05) is 50.2 Å². The molecule has 1 N–H and O–H groups in total. The molecule has 0 fully saturated rings. The van der Waals surface area contributed by atoms with E-state index < -0.39 is 5.92 Å². The standard InChI is InChI=1S/C24H24N2O2S/c1-15(2)16-10-12-17(13-11-16)25-23(27)21-18-7-4-5-8-19(18)24(28)26(3)22(21)20-9-6-14-29-20/h4-15,21-22H,1-3H3,(H,25,27)/t21-,22-/m0/s1. The number of rotatable bonds is 4. The maximum absolute atomic E-state index is 13.5. The molecule has 148 valence electrons. The molecule has 1 aromatic heterocycles. The molecule has 0 spiro atoms. The molecule has 2 atom stereocenters. The van der Waals surface area contributed by atoms with Crippen molar-refractivity contribution in [2.75, 3.05) is 12.4 Å². The summed E-state index contributed by atoms with van der Waals surface area (Å²) in [7, 11) is 1.78. The fourth-order valence-electron chi connectivity index (χ4n) is 3.94. The van der Waals surface area contributed by atoms with E-state index in [4.69, 9.17) is 0 Å². The van der Waals surface area contributed by atoms with Crippen LogP contribution in [0.4, 0.5) is 5.69 Å². The van der Waals surface area contributed by atoms with Crippen molar-refractivity contribution in [3.63, 3.8) is 0 Å². The Hall–Kier alpha value is -2.92. The fraction of sp³-hybridized carbons (Fsp3) is 0.250. The van der Waals surface area contributed by atoms with Crippen molar-refractivity contribution >= 4 is 28.8 Å². The van der Waals surface area contributed by atoms with Gasteiger partial charge in [0.05, 0.1) is 12.0 Å². The third kappa shape index (κ3) is 3.58. The normalized spacial score (nSPS) is 18.6. The van der Waals surface area contributed by atoms with Crippen molar-refractivity contribution in [3.8, 4) is 0 Å². The number of fused-ring (bicyclic) bond motifs is 1. The van der Waals surface area contributed by atoms with Crippen molar-refractivity contribution in [2.45, 2.75) is 31.7 Å². The minimum Gasteiger partial charge on any atom is -0.333 e. The number of nitrogens with zero attached hydrogens (tertiary/aromatic N) is 1. The Bertz CT molecular complexity index is 1030. The van der Waals surface area contributed by atoms with Crippen LogP contribution in [0, 0.1) is 0 Å². The first kappa shape index (κ1) is 19.4. The smallest absolute Gasteiger partial charge is 0.254 e. The first-order valence-electron chi connectivity index (χ1n) is 9.77. The average Bonchev–Trinajstić information content (AvgIpc) is 3.25. The second-order valence-corrected chi connectivity index (χ2v) is 8.69. The second kappa shape index (κ2) is 7.84. The summed E-state index contributed by atoms with van der Waals surface area (Å²) in [5.41, 5.74) is 3.37. The Balaban J connectivity index is 1.72. The van der Waals surface area contributed by atoms with Gasteiger partial charge >= 0.3 is 0 Å². The first-order chi connectivity index (χ1) is 14.0. The number of amides is 2. The predicted octanol–water partition coefficient (Wildman–Crippen LogP) is 5.42. The maximum Gasteiger partial charge on any atom is 0.254 e. The lowest BCUT2D eigenvalue weighted by molar-refractivity contribution is -0.119. The van der Waals surface area contributed by atoms with Gasteiger partial charge < -0.3 is 10.2 Å². The summed E-state index contributed by atoms with van der Waals surface area (Å²) in [6, 6.07) is 19.0. The lowest BCUT2D eigenvalue weighted by atomic mass is 9.81. The van der Waals surface area contributed by atoms with E-state index in [1.54, 1.807) is 29.4 Å². The van der Waals surface area contributed by atoms with Crippen molar-refractivity contribution in [3.05, 3.63) is 87.6 Å². The number of carbonyl (C=O) groups is 2. The topological polar surface area (TPSA) is 49.4 Å². The van der Waals surface area contributed by atoms with E-state index in [9.17, 15) is 9.59 Å². The maximum atomic E-state index is 13.5. The highest BCUT2D eigenvalue weighted by atomic mass is 32.1. The van der Waals surface area contributed by atoms with E-state index in [1.165, 1.54) is 5.56 Å². The molecular formula is C24H24N2O2S. The number of hydrogen-bond acceptors (Lipinski definition) is 3. The summed E-state index contributed by atoms with van der Waals surface area (Å²) in [5.74, 6) is -0.193. The molecule has 2 heterocycles. The zero-order chi connectivity index (χ0) is 20.5. The van der Waals surface area contributed by atoms with Crippen LogP contribution in [-0.4, -0.2) is 23.8 Å². The van der Waals surface area contributed by atoms with Crippen LogP contribution in [0.15, 0.2) is 66.0 Å². The quantitative estimate of drug-likeness (QED) is 0.631. The Labute approximate surface area is 175 Å². The number of benzene rings is 2. The molecule has 29 heavy (non-hydrogen) atoms. The van der Waals surface area contributed by atoms with E-state index in [2.05, 4.69) is 19.2 Å². The molecule has 0 aliphatic carbocycles. The Morgan fingerprint density at radius 1 is 1.03 bits per heavy atom. The van der Waals surface area contributed by atoms with Gasteiger partial charge in [0.2, 0.25) is 5.91 Å². The number of likely N-dealkylation sites (N-methyl/N-ethyl adjacent to an activating group) is 1. The SMILES string of the molecule is CC(C)c1ccc(NC(=O)[C@H]2c3ccccc3C(=O)N(C)[C@H]2c2cccs2)cc1. The van der Waals surface area contributed by atoms with Gasteiger partial charge in [-0.15, -0.1) is 11.3 Å². The number of thiophene rings is 1. The molecule has 0 saturated heterocycles. The van der Waals surface area contributed by atoms with E-state index in [0.717, 1.165) is 16.1 Å².